The smallest absolute Gasteiger partial charge is 0.317 e. The summed E-state index contributed by atoms with van der Waals surface area (Å²) in [5, 5.41) is 21.0. The lowest BCUT2D eigenvalue weighted by Gasteiger charge is -2.07. The van der Waals surface area contributed by atoms with E-state index in [0.29, 0.717) is 6.42 Å². The quantitative estimate of drug-likeness (QED) is 0.225. The SMILES string of the molecule is NCCCCCCNCCCCCCCCCC(C(=O)O)C(=O)O. The molecule has 0 saturated carbocycles. The van der Waals surface area contributed by atoms with E-state index >= 15 is 0 Å². The summed E-state index contributed by atoms with van der Waals surface area (Å²) in [6, 6.07) is 0. The lowest BCUT2D eigenvalue weighted by molar-refractivity contribution is -0.154. The first-order valence-corrected chi connectivity index (χ1v) is 9.46. The molecule has 0 heterocycles. The molecule has 24 heavy (non-hydrogen) atoms. The third-order valence-electron chi connectivity index (χ3n) is 4.25. The molecule has 0 amide bonds. The first-order valence-electron chi connectivity index (χ1n) is 9.46. The van der Waals surface area contributed by atoms with Crippen molar-refractivity contribution in [2.45, 2.75) is 77.0 Å². The molecule has 0 unspecified atom stereocenters. The Morgan fingerprint density at radius 2 is 1.12 bits per heavy atom. The second-order valence-corrected chi connectivity index (χ2v) is 6.45. The van der Waals surface area contributed by atoms with Gasteiger partial charge in [0.25, 0.3) is 0 Å². The molecule has 0 aliphatic heterocycles. The Kier molecular flexibility index (Phi) is 15.9. The monoisotopic (exact) mass is 344 g/mol. The van der Waals surface area contributed by atoms with Gasteiger partial charge in [-0.15, -0.1) is 0 Å². The van der Waals surface area contributed by atoms with E-state index in [1.807, 2.05) is 0 Å². The summed E-state index contributed by atoms with van der Waals surface area (Å²) < 4.78 is 0. The summed E-state index contributed by atoms with van der Waals surface area (Å²) >= 11 is 0. The molecule has 142 valence electrons. The van der Waals surface area contributed by atoms with Crippen molar-refractivity contribution >= 4 is 11.9 Å². The largest absolute Gasteiger partial charge is 0.481 e. The van der Waals surface area contributed by atoms with Crippen LogP contribution in [0.1, 0.15) is 77.0 Å². The van der Waals surface area contributed by atoms with Gasteiger partial charge in [-0.2, -0.15) is 0 Å². The van der Waals surface area contributed by atoms with Gasteiger partial charge in [-0.3, -0.25) is 9.59 Å². The predicted octanol–water partition coefficient (Wildman–Crippen LogP) is 3.00. The maximum absolute atomic E-state index is 10.7. The van der Waals surface area contributed by atoms with Crippen LogP contribution in [0.2, 0.25) is 0 Å². The molecule has 0 aliphatic carbocycles. The van der Waals surface area contributed by atoms with Gasteiger partial charge in [-0.05, 0) is 45.3 Å². The predicted molar refractivity (Wildman–Crippen MR) is 96.1 cm³/mol. The van der Waals surface area contributed by atoms with E-state index in [1.54, 1.807) is 0 Å². The summed E-state index contributed by atoms with van der Waals surface area (Å²) in [5.41, 5.74) is 5.45. The molecule has 0 aliphatic rings. The lowest BCUT2D eigenvalue weighted by atomic mass is 10.0. The maximum Gasteiger partial charge on any atom is 0.317 e. The molecule has 6 heteroatoms. The van der Waals surface area contributed by atoms with E-state index in [2.05, 4.69) is 5.32 Å². The first kappa shape index (κ1) is 22.9. The minimum Gasteiger partial charge on any atom is -0.481 e. The number of hydrogen-bond acceptors (Lipinski definition) is 4. The van der Waals surface area contributed by atoms with Crippen LogP contribution in [0.4, 0.5) is 0 Å². The molecule has 0 saturated heterocycles. The Labute approximate surface area is 146 Å². The van der Waals surface area contributed by atoms with Crippen LogP contribution in [0.5, 0.6) is 0 Å². The fourth-order valence-electron chi connectivity index (χ4n) is 2.71. The molecule has 5 N–H and O–H groups in total. The number of nitrogens with one attached hydrogen (secondary N) is 1. The van der Waals surface area contributed by atoms with E-state index in [-0.39, 0.29) is 6.42 Å². The zero-order valence-electron chi connectivity index (χ0n) is 15.0. The Balaban J connectivity index is 3.23. The number of carboxylic acid groups (broad SMARTS) is 2. The molecule has 0 fully saturated rings. The lowest BCUT2D eigenvalue weighted by Crippen LogP contribution is -2.23. The molecule has 0 bridgehead atoms. The fourth-order valence-corrected chi connectivity index (χ4v) is 2.71. The van der Waals surface area contributed by atoms with Gasteiger partial charge in [-0.25, -0.2) is 0 Å². The zero-order valence-corrected chi connectivity index (χ0v) is 15.0. The highest BCUT2D eigenvalue weighted by Crippen LogP contribution is 2.13. The van der Waals surface area contributed by atoms with E-state index < -0.39 is 17.9 Å². The van der Waals surface area contributed by atoms with Crippen molar-refractivity contribution in [1.29, 1.82) is 0 Å². The van der Waals surface area contributed by atoms with Gasteiger partial charge in [0.15, 0.2) is 5.92 Å². The number of nitrogens with two attached hydrogens (primary N) is 1. The Bertz CT molecular complexity index is 310. The summed E-state index contributed by atoms with van der Waals surface area (Å²) in [5.74, 6) is -3.70. The van der Waals surface area contributed by atoms with Crippen LogP contribution >= 0.6 is 0 Å². The van der Waals surface area contributed by atoms with Crippen molar-refractivity contribution in [3.05, 3.63) is 0 Å². The van der Waals surface area contributed by atoms with Crippen LogP contribution in [0.25, 0.3) is 0 Å². The molecule has 0 aromatic rings. The Morgan fingerprint density at radius 3 is 1.58 bits per heavy atom. The highest BCUT2D eigenvalue weighted by Gasteiger charge is 2.24. The minimum atomic E-state index is -1.24. The average Bonchev–Trinajstić information content (AvgIpc) is 2.53. The van der Waals surface area contributed by atoms with Crippen molar-refractivity contribution < 1.29 is 19.8 Å². The van der Waals surface area contributed by atoms with E-state index in [1.165, 1.54) is 38.5 Å². The standard InChI is InChI=1S/C18H36N2O4/c19-13-9-5-7-11-15-20-14-10-6-3-1-2-4-8-12-16(17(21)22)18(23)24/h16,20H,1-15,19H2,(H,21,22)(H,23,24). The highest BCUT2D eigenvalue weighted by atomic mass is 16.4. The topological polar surface area (TPSA) is 113 Å². The van der Waals surface area contributed by atoms with Crippen LogP contribution in [0.3, 0.4) is 0 Å². The Hall–Kier alpha value is -1.14. The third-order valence-corrected chi connectivity index (χ3v) is 4.25. The van der Waals surface area contributed by atoms with Gasteiger partial charge in [0.1, 0.15) is 0 Å². The van der Waals surface area contributed by atoms with Gasteiger partial charge in [0.2, 0.25) is 0 Å². The molecule has 0 spiro atoms. The number of hydrogen-bond donors (Lipinski definition) is 4. The molecule has 0 aromatic heterocycles. The molecule has 0 atom stereocenters. The number of carboxylic acids is 2. The average molecular weight is 344 g/mol. The number of rotatable bonds is 18. The highest BCUT2D eigenvalue weighted by molar-refractivity contribution is 5.92. The van der Waals surface area contributed by atoms with E-state index in [9.17, 15) is 9.59 Å². The molecular weight excluding hydrogens is 308 g/mol. The van der Waals surface area contributed by atoms with Gasteiger partial charge in [0, 0.05) is 0 Å². The van der Waals surface area contributed by atoms with Crippen LogP contribution in [0, 0.1) is 5.92 Å². The molecule has 0 rings (SSSR count). The van der Waals surface area contributed by atoms with Crippen LogP contribution in [0.15, 0.2) is 0 Å². The van der Waals surface area contributed by atoms with Crippen molar-refractivity contribution in [1.82, 2.24) is 5.32 Å². The number of unbranched alkanes of at least 4 members (excludes halogenated alkanes) is 9. The van der Waals surface area contributed by atoms with E-state index in [4.69, 9.17) is 15.9 Å². The summed E-state index contributed by atoms with van der Waals surface area (Å²) in [6.45, 7) is 2.97. The second kappa shape index (κ2) is 16.7. The van der Waals surface area contributed by atoms with Crippen LogP contribution in [-0.4, -0.2) is 41.8 Å². The zero-order chi connectivity index (χ0) is 18.0. The maximum atomic E-state index is 10.7. The molecule has 0 aromatic carbocycles. The normalized spacial score (nSPS) is 11.1. The number of aliphatic carboxylic acids is 2. The minimum absolute atomic E-state index is 0.236. The summed E-state index contributed by atoms with van der Waals surface area (Å²) in [7, 11) is 0. The molecule has 6 nitrogen and oxygen atoms in total. The fraction of sp³-hybridized carbons (Fsp3) is 0.889. The molecule has 0 radical (unpaired) electrons. The summed E-state index contributed by atoms with van der Waals surface area (Å²) in [6.07, 6.45) is 12.5. The second-order valence-electron chi connectivity index (χ2n) is 6.45. The van der Waals surface area contributed by atoms with Gasteiger partial charge in [-0.1, -0.05) is 51.4 Å². The van der Waals surface area contributed by atoms with Crippen molar-refractivity contribution in [2.75, 3.05) is 19.6 Å². The van der Waals surface area contributed by atoms with E-state index in [0.717, 1.165) is 45.3 Å². The van der Waals surface area contributed by atoms with Crippen molar-refractivity contribution in [3.8, 4) is 0 Å². The summed E-state index contributed by atoms with van der Waals surface area (Å²) in [4.78, 5) is 21.5. The van der Waals surface area contributed by atoms with Crippen LogP contribution in [-0.2, 0) is 9.59 Å². The van der Waals surface area contributed by atoms with Crippen LogP contribution < -0.4 is 11.1 Å². The van der Waals surface area contributed by atoms with Gasteiger partial charge >= 0.3 is 11.9 Å². The third kappa shape index (κ3) is 14.5. The van der Waals surface area contributed by atoms with Gasteiger partial charge < -0.3 is 21.3 Å². The number of carbonyl (C=O) groups is 2. The van der Waals surface area contributed by atoms with Crippen molar-refractivity contribution in [3.63, 3.8) is 0 Å². The van der Waals surface area contributed by atoms with Crippen molar-refractivity contribution in [2.24, 2.45) is 11.7 Å². The first-order chi connectivity index (χ1) is 11.6. The Morgan fingerprint density at radius 1 is 0.708 bits per heavy atom. The van der Waals surface area contributed by atoms with Gasteiger partial charge in [0.05, 0.1) is 0 Å². The molecular formula is C18H36N2O4.